The van der Waals surface area contributed by atoms with Crippen LogP contribution >= 0.6 is 0 Å². The molecule has 2 aliphatic heterocycles. The van der Waals surface area contributed by atoms with Gasteiger partial charge in [-0.1, -0.05) is 12.1 Å². The molecule has 1 unspecified atom stereocenters. The highest BCUT2D eigenvalue weighted by Gasteiger charge is 2.38. The molecule has 20 heavy (non-hydrogen) atoms. The number of aryl methyl sites for hydroxylation is 1. The summed E-state index contributed by atoms with van der Waals surface area (Å²) in [7, 11) is 0. The SMILES string of the molecule is CC1(C)CC(O)(CCc2ccc3c(c2)CCO3)CCO1. The van der Waals surface area contributed by atoms with E-state index in [0.717, 1.165) is 38.0 Å². The van der Waals surface area contributed by atoms with Gasteiger partial charge in [0.1, 0.15) is 5.75 Å². The van der Waals surface area contributed by atoms with Gasteiger partial charge >= 0.3 is 0 Å². The number of fused-ring (bicyclic) bond motifs is 1. The van der Waals surface area contributed by atoms with Gasteiger partial charge in [-0.15, -0.1) is 0 Å². The molecule has 0 radical (unpaired) electrons. The van der Waals surface area contributed by atoms with Gasteiger partial charge in [0, 0.05) is 12.8 Å². The molecule has 2 heterocycles. The maximum absolute atomic E-state index is 10.8. The molecule has 3 rings (SSSR count). The van der Waals surface area contributed by atoms with Gasteiger partial charge in [0.25, 0.3) is 0 Å². The van der Waals surface area contributed by atoms with Crippen LogP contribution in [0.25, 0.3) is 0 Å². The lowest BCUT2D eigenvalue weighted by Gasteiger charge is -2.41. The van der Waals surface area contributed by atoms with Crippen LogP contribution in [0.3, 0.4) is 0 Å². The normalized spacial score (nSPS) is 27.9. The lowest BCUT2D eigenvalue weighted by molar-refractivity contribution is -0.146. The van der Waals surface area contributed by atoms with Crippen molar-refractivity contribution >= 4 is 0 Å². The van der Waals surface area contributed by atoms with Crippen molar-refractivity contribution in [1.29, 1.82) is 0 Å². The molecule has 1 atom stereocenters. The molecular formula is C17H24O3. The Kier molecular flexibility index (Phi) is 3.51. The van der Waals surface area contributed by atoms with Crippen LogP contribution < -0.4 is 4.74 Å². The van der Waals surface area contributed by atoms with Gasteiger partial charge in [0.2, 0.25) is 0 Å². The third-order valence-electron chi connectivity index (χ3n) is 4.45. The highest BCUT2D eigenvalue weighted by molar-refractivity contribution is 5.39. The fraction of sp³-hybridized carbons (Fsp3) is 0.647. The Balaban J connectivity index is 1.64. The molecule has 0 amide bonds. The monoisotopic (exact) mass is 276 g/mol. The standard InChI is InChI=1S/C17H24O3/c1-16(2)12-17(18,8-10-20-16)7-5-13-3-4-15-14(11-13)6-9-19-15/h3-4,11,18H,5-10,12H2,1-2H3. The molecule has 0 bridgehead atoms. The number of benzene rings is 1. The van der Waals surface area contributed by atoms with Crippen LogP contribution in [-0.2, 0) is 17.6 Å². The van der Waals surface area contributed by atoms with Crippen LogP contribution in [0.2, 0.25) is 0 Å². The van der Waals surface area contributed by atoms with Crippen molar-refractivity contribution in [3.8, 4) is 5.75 Å². The van der Waals surface area contributed by atoms with E-state index in [0.29, 0.717) is 13.0 Å². The number of ether oxygens (including phenoxy) is 2. The van der Waals surface area contributed by atoms with Crippen molar-refractivity contribution in [3.63, 3.8) is 0 Å². The molecule has 0 spiro atoms. The predicted molar refractivity (Wildman–Crippen MR) is 78.2 cm³/mol. The molecule has 110 valence electrons. The van der Waals surface area contributed by atoms with Gasteiger partial charge in [0.05, 0.1) is 24.4 Å². The highest BCUT2D eigenvalue weighted by atomic mass is 16.5. The Morgan fingerprint density at radius 2 is 2.10 bits per heavy atom. The van der Waals surface area contributed by atoms with E-state index in [1.807, 2.05) is 0 Å². The summed E-state index contributed by atoms with van der Waals surface area (Å²) < 4.78 is 11.2. The summed E-state index contributed by atoms with van der Waals surface area (Å²) in [6.07, 6.45) is 4.19. The molecular weight excluding hydrogens is 252 g/mol. The van der Waals surface area contributed by atoms with Crippen LogP contribution in [-0.4, -0.2) is 29.5 Å². The van der Waals surface area contributed by atoms with E-state index < -0.39 is 5.60 Å². The summed E-state index contributed by atoms with van der Waals surface area (Å²) >= 11 is 0. The van der Waals surface area contributed by atoms with Crippen LogP contribution in [0.5, 0.6) is 5.75 Å². The van der Waals surface area contributed by atoms with Crippen molar-refractivity contribution in [2.75, 3.05) is 13.2 Å². The van der Waals surface area contributed by atoms with Gasteiger partial charge in [0.15, 0.2) is 0 Å². The fourth-order valence-electron chi connectivity index (χ4n) is 3.44. The van der Waals surface area contributed by atoms with Crippen molar-refractivity contribution < 1.29 is 14.6 Å². The second kappa shape index (κ2) is 5.05. The minimum atomic E-state index is -0.586. The molecule has 1 saturated heterocycles. The molecule has 1 aromatic carbocycles. The first kappa shape index (κ1) is 13.9. The largest absolute Gasteiger partial charge is 0.493 e. The van der Waals surface area contributed by atoms with Gasteiger partial charge in [-0.05, 0) is 50.3 Å². The van der Waals surface area contributed by atoms with E-state index in [1.165, 1.54) is 11.1 Å². The maximum atomic E-state index is 10.8. The van der Waals surface area contributed by atoms with Gasteiger partial charge in [-0.25, -0.2) is 0 Å². The maximum Gasteiger partial charge on any atom is 0.122 e. The Hall–Kier alpha value is -1.06. The fourth-order valence-corrected chi connectivity index (χ4v) is 3.44. The smallest absolute Gasteiger partial charge is 0.122 e. The van der Waals surface area contributed by atoms with E-state index >= 15 is 0 Å². The van der Waals surface area contributed by atoms with Crippen molar-refractivity contribution in [2.45, 2.75) is 57.2 Å². The Morgan fingerprint density at radius 1 is 1.25 bits per heavy atom. The molecule has 1 fully saturated rings. The second-order valence-electron chi connectivity index (χ2n) is 6.80. The van der Waals surface area contributed by atoms with E-state index in [2.05, 4.69) is 32.0 Å². The van der Waals surface area contributed by atoms with Gasteiger partial charge in [-0.3, -0.25) is 0 Å². The van der Waals surface area contributed by atoms with Gasteiger partial charge < -0.3 is 14.6 Å². The Labute approximate surface area is 120 Å². The molecule has 3 nitrogen and oxygen atoms in total. The van der Waals surface area contributed by atoms with E-state index in [-0.39, 0.29) is 5.60 Å². The number of hydrogen-bond acceptors (Lipinski definition) is 3. The highest BCUT2D eigenvalue weighted by Crippen LogP contribution is 2.35. The van der Waals surface area contributed by atoms with Crippen molar-refractivity contribution in [3.05, 3.63) is 29.3 Å². The molecule has 0 saturated carbocycles. The zero-order chi connectivity index (χ0) is 14.2. The van der Waals surface area contributed by atoms with Crippen LogP contribution in [0.1, 0.15) is 44.2 Å². The third kappa shape index (κ3) is 2.99. The average molecular weight is 276 g/mol. The van der Waals surface area contributed by atoms with E-state index in [4.69, 9.17) is 9.47 Å². The van der Waals surface area contributed by atoms with Crippen molar-refractivity contribution in [2.24, 2.45) is 0 Å². The topological polar surface area (TPSA) is 38.7 Å². The number of aliphatic hydroxyl groups is 1. The lowest BCUT2D eigenvalue weighted by atomic mass is 9.80. The summed E-state index contributed by atoms with van der Waals surface area (Å²) in [5.74, 6) is 1.03. The summed E-state index contributed by atoms with van der Waals surface area (Å²) in [4.78, 5) is 0. The Bertz CT molecular complexity index is 495. The first-order valence-electron chi connectivity index (χ1n) is 7.57. The molecule has 0 aliphatic carbocycles. The zero-order valence-electron chi connectivity index (χ0n) is 12.4. The summed E-state index contributed by atoms with van der Waals surface area (Å²) in [5.41, 5.74) is 1.81. The van der Waals surface area contributed by atoms with Crippen LogP contribution in [0.15, 0.2) is 18.2 Å². The molecule has 1 aromatic rings. The summed E-state index contributed by atoms with van der Waals surface area (Å²) in [6, 6.07) is 6.42. The predicted octanol–water partition coefficient (Wildman–Crippen LogP) is 2.87. The average Bonchev–Trinajstić information content (AvgIpc) is 2.82. The second-order valence-corrected chi connectivity index (χ2v) is 6.80. The quantitative estimate of drug-likeness (QED) is 0.922. The van der Waals surface area contributed by atoms with Gasteiger partial charge in [-0.2, -0.15) is 0 Å². The molecule has 1 N–H and O–H groups in total. The van der Waals surface area contributed by atoms with Crippen molar-refractivity contribution in [1.82, 2.24) is 0 Å². The molecule has 3 heteroatoms. The number of rotatable bonds is 3. The minimum absolute atomic E-state index is 0.210. The zero-order valence-corrected chi connectivity index (χ0v) is 12.4. The first-order chi connectivity index (χ1) is 9.46. The molecule has 0 aromatic heterocycles. The minimum Gasteiger partial charge on any atom is -0.493 e. The first-order valence-corrected chi connectivity index (χ1v) is 7.57. The molecule has 2 aliphatic rings. The number of hydrogen-bond donors (Lipinski definition) is 1. The third-order valence-corrected chi connectivity index (χ3v) is 4.45. The van der Waals surface area contributed by atoms with E-state index in [1.54, 1.807) is 0 Å². The van der Waals surface area contributed by atoms with Crippen LogP contribution in [0.4, 0.5) is 0 Å². The lowest BCUT2D eigenvalue weighted by Crippen LogP contribution is -2.46. The van der Waals surface area contributed by atoms with Crippen LogP contribution in [0, 0.1) is 0 Å². The Morgan fingerprint density at radius 3 is 2.90 bits per heavy atom. The summed E-state index contributed by atoms with van der Waals surface area (Å²) in [6.45, 7) is 5.57. The summed E-state index contributed by atoms with van der Waals surface area (Å²) in [5, 5.41) is 10.8. The van der Waals surface area contributed by atoms with E-state index in [9.17, 15) is 5.11 Å².